The Balaban J connectivity index is 1.84. The Morgan fingerprint density at radius 1 is 1.44 bits per heavy atom. The maximum absolute atomic E-state index is 11.7. The molecule has 2 fully saturated rings. The van der Waals surface area contributed by atoms with E-state index in [1.807, 2.05) is 0 Å². The van der Waals surface area contributed by atoms with Gasteiger partial charge in [0.2, 0.25) is 5.91 Å². The lowest BCUT2D eigenvalue weighted by molar-refractivity contribution is -0.124. The molecular formula is C15H12ClN5O4. The molecule has 1 aliphatic carbocycles. The minimum Gasteiger partial charge on any atom is -0.465 e. The van der Waals surface area contributed by atoms with Gasteiger partial charge in [0, 0.05) is 23.2 Å². The molecule has 0 spiro atoms. The summed E-state index contributed by atoms with van der Waals surface area (Å²) in [6.07, 6.45) is 3.40. The van der Waals surface area contributed by atoms with E-state index >= 15 is 0 Å². The first-order valence-corrected chi connectivity index (χ1v) is 7.93. The van der Waals surface area contributed by atoms with Gasteiger partial charge in [0.05, 0.1) is 12.6 Å². The highest BCUT2D eigenvalue weighted by molar-refractivity contribution is 6.29. The van der Waals surface area contributed by atoms with Crippen LogP contribution in [-0.2, 0) is 9.59 Å². The van der Waals surface area contributed by atoms with Crippen LogP contribution in [0.25, 0.3) is 11.7 Å². The van der Waals surface area contributed by atoms with Crippen LogP contribution >= 0.6 is 11.6 Å². The lowest BCUT2D eigenvalue weighted by Gasteiger charge is -2.19. The molecule has 1 saturated carbocycles. The van der Waals surface area contributed by atoms with Crippen molar-refractivity contribution in [2.45, 2.75) is 25.3 Å². The van der Waals surface area contributed by atoms with Crippen LogP contribution in [0.2, 0.25) is 5.15 Å². The molecule has 3 heterocycles. The van der Waals surface area contributed by atoms with Crippen LogP contribution in [0.1, 0.15) is 24.8 Å². The lowest BCUT2D eigenvalue weighted by atomic mass is 10.1. The standard InChI is InChI=1S/C15H12ClN5O4/c16-10-5-12(20(15(24)25)9-1-2-9)21-13(18-10)8(6-17-21)3-7-4-11(22)19-14(7)23/h3,5-6,9H,1-2,4H2,(H,24,25)(H,19,22,23). The highest BCUT2D eigenvalue weighted by Crippen LogP contribution is 2.33. The number of anilines is 1. The number of carbonyl (C=O) groups is 3. The van der Waals surface area contributed by atoms with Crippen molar-refractivity contribution in [2.24, 2.45) is 0 Å². The average molecular weight is 362 g/mol. The number of rotatable bonds is 3. The Hall–Kier alpha value is -2.94. The maximum Gasteiger partial charge on any atom is 0.413 e. The fraction of sp³-hybridized carbons (Fsp3) is 0.267. The van der Waals surface area contributed by atoms with Crippen LogP contribution in [-0.4, -0.2) is 43.7 Å². The van der Waals surface area contributed by atoms with E-state index in [0.29, 0.717) is 22.6 Å². The molecule has 1 aliphatic heterocycles. The quantitative estimate of drug-likeness (QED) is 0.485. The molecule has 1 saturated heterocycles. The van der Waals surface area contributed by atoms with Crippen LogP contribution in [0.3, 0.4) is 0 Å². The van der Waals surface area contributed by atoms with Gasteiger partial charge >= 0.3 is 6.09 Å². The average Bonchev–Trinajstić information content (AvgIpc) is 3.19. The first kappa shape index (κ1) is 15.6. The van der Waals surface area contributed by atoms with Gasteiger partial charge in [-0.1, -0.05) is 11.6 Å². The maximum atomic E-state index is 11.7. The third-order valence-corrected chi connectivity index (χ3v) is 4.23. The number of hydrogen-bond donors (Lipinski definition) is 2. The third kappa shape index (κ3) is 2.72. The molecule has 0 atom stereocenters. The van der Waals surface area contributed by atoms with E-state index in [9.17, 15) is 19.5 Å². The molecule has 128 valence electrons. The Bertz CT molecular complexity index is 962. The summed E-state index contributed by atoms with van der Waals surface area (Å²) in [5.74, 6) is -0.538. The largest absolute Gasteiger partial charge is 0.465 e. The first-order chi connectivity index (χ1) is 11.9. The van der Waals surface area contributed by atoms with Crippen molar-refractivity contribution in [1.82, 2.24) is 19.9 Å². The number of halogens is 1. The number of carboxylic acid groups (broad SMARTS) is 1. The van der Waals surface area contributed by atoms with E-state index in [1.165, 1.54) is 27.8 Å². The van der Waals surface area contributed by atoms with Crippen LogP contribution in [0.4, 0.5) is 10.6 Å². The van der Waals surface area contributed by atoms with Crippen molar-refractivity contribution in [3.05, 3.63) is 28.6 Å². The number of nitrogens with one attached hydrogen (secondary N) is 1. The molecule has 2 aromatic heterocycles. The van der Waals surface area contributed by atoms with Crippen molar-refractivity contribution in [3.8, 4) is 0 Å². The molecule has 2 N–H and O–H groups in total. The summed E-state index contributed by atoms with van der Waals surface area (Å²) in [4.78, 5) is 40.1. The van der Waals surface area contributed by atoms with Gasteiger partial charge in [-0.05, 0) is 18.9 Å². The Kier molecular flexibility index (Phi) is 3.46. The summed E-state index contributed by atoms with van der Waals surface area (Å²) in [7, 11) is 0. The number of hydrogen-bond acceptors (Lipinski definition) is 5. The van der Waals surface area contributed by atoms with E-state index in [1.54, 1.807) is 0 Å². The second-order valence-electron chi connectivity index (χ2n) is 5.88. The molecule has 2 aliphatic rings. The molecule has 0 unspecified atom stereocenters. The minimum atomic E-state index is -1.10. The Labute approximate surface area is 145 Å². The third-order valence-electron chi connectivity index (χ3n) is 4.04. The van der Waals surface area contributed by atoms with Crippen molar-refractivity contribution in [1.29, 1.82) is 0 Å². The van der Waals surface area contributed by atoms with Crippen LogP contribution in [0, 0.1) is 0 Å². The molecule has 0 radical (unpaired) electrons. The monoisotopic (exact) mass is 361 g/mol. The first-order valence-electron chi connectivity index (χ1n) is 7.55. The Morgan fingerprint density at radius 2 is 2.20 bits per heavy atom. The van der Waals surface area contributed by atoms with Crippen molar-refractivity contribution in [2.75, 3.05) is 4.90 Å². The van der Waals surface area contributed by atoms with Crippen LogP contribution < -0.4 is 10.2 Å². The molecule has 9 nitrogen and oxygen atoms in total. The summed E-state index contributed by atoms with van der Waals surface area (Å²) in [6.45, 7) is 0. The highest BCUT2D eigenvalue weighted by atomic mass is 35.5. The fourth-order valence-corrected chi connectivity index (χ4v) is 2.97. The van der Waals surface area contributed by atoms with Crippen molar-refractivity contribution >= 4 is 47.0 Å². The summed E-state index contributed by atoms with van der Waals surface area (Å²) in [5.41, 5.74) is 1.08. The summed E-state index contributed by atoms with van der Waals surface area (Å²) >= 11 is 6.07. The Morgan fingerprint density at radius 3 is 2.80 bits per heavy atom. The SMILES string of the molecule is O=C1CC(=Cc2cnn3c(N(C(=O)O)C4CC4)cc(Cl)nc23)C(=O)N1. The zero-order valence-corrected chi connectivity index (χ0v) is 13.5. The number of fused-ring (bicyclic) bond motifs is 1. The van der Waals surface area contributed by atoms with E-state index in [0.717, 1.165) is 12.8 Å². The molecule has 3 amide bonds. The second-order valence-corrected chi connectivity index (χ2v) is 6.27. The number of amides is 3. The summed E-state index contributed by atoms with van der Waals surface area (Å²) in [5, 5.41) is 16.0. The smallest absolute Gasteiger partial charge is 0.413 e. The predicted molar refractivity (Wildman–Crippen MR) is 87.3 cm³/mol. The van der Waals surface area contributed by atoms with Gasteiger partial charge in [-0.25, -0.2) is 9.78 Å². The van der Waals surface area contributed by atoms with E-state index in [2.05, 4.69) is 15.4 Å². The molecule has 0 aromatic carbocycles. The van der Waals surface area contributed by atoms with Gasteiger partial charge in [0.15, 0.2) is 5.65 Å². The zero-order valence-electron chi connectivity index (χ0n) is 12.8. The molecule has 0 bridgehead atoms. The summed E-state index contributed by atoms with van der Waals surface area (Å²) < 4.78 is 1.37. The topological polar surface area (TPSA) is 117 Å². The van der Waals surface area contributed by atoms with Crippen LogP contribution in [0.5, 0.6) is 0 Å². The second kappa shape index (κ2) is 5.55. The zero-order chi connectivity index (χ0) is 17.7. The molecule has 10 heteroatoms. The van der Waals surface area contributed by atoms with Gasteiger partial charge in [0.25, 0.3) is 5.91 Å². The number of nitrogens with zero attached hydrogens (tertiary/aromatic N) is 4. The molecule has 4 rings (SSSR count). The fourth-order valence-electron chi connectivity index (χ4n) is 2.79. The van der Waals surface area contributed by atoms with Crippen molar-refractivity contribution in [3.63, 3.8) is 0 Å². The van der Waals surface area contributed by atoms with Gasteiger partial charge in [0.1, 0.15) is 11.0 Å². The van der Waals surface area contributed by atoms with Gasteiger partial charge in [-0.15, -0.1) is 0 Å². The van der Waals surface area contributed by atoms with Crippen LogP contribution in [0.15, 0.2) is 17.8 Å². The lowest BCUT2D eigenvalue weighted by Crippen LogP contribution is -2.33. The van der Waals surface area contributed by atoms with Crippen molar-refractivity contribution < 1.29 is 19.5 Å². The number of aromatic nitrogens is 3. The van der Waals surface area contributed by atoms with E-state index in [4.69, 9.17) is 11.6 Å². The van der Waals surface area contributed by atoms with Gasteiger partial charge < -0.3 is 5.11 Å². The van der Waals surface area contributed by atoms with E-state index < -0.39 is 12.0 Å². The van der Waals surface area contributed by atoms with Gasteiger partial charge in [-0.2, -0.15) is 9.61 Å². The van der Waals surface area contributed by atoms with Gasteiger partial charge in [-0.3, -0.25) is 19.8 Å². The highest BCUT2D eigenvalue weighted by Gasteiger charge is 2.36. The molecule has 25 heavy (non-hydrogen) atoms. The summed E-state index contributed by atoms with van der Waals surface area (Å²) in [6, 6.07) is 1.33. The molecule has 2 aromatic rings. The minimum absolute atomic E-state index is 0.0209. The normalized spacial score (nSPS) is 18.8. The molecular weight excluding hydrogens is 350 g/mol. The number of imide groups is 1. The predicted octanol–water partition coefficient (Wildman–Crippen LogP) is 1.46. The number of carbonyl (C=O) groups excluding carboxylic acids is 2. The van der Waals surface area contributed by atoms with E-state index in [-0.39, 0.29) is 23.5 Å².